The molecule has 2 aromatic rings. The minimum Gasteiger partial charge on any atom is -0.482 e. The van der Waals surface area contributed by atoms with Crippen LogP contribution < -0.4 is 10.4 Å². The molecule has 11 heteroatoms. The highest BCUT2D eigenvalue weighted by atomic mass is 16.6. The van der Waals surface area contributed by atoms with Crippen LogP contribution in [0.2, 0.25) is 0 Å². The van der Waals surface area contributed by atoms with E-state index < -0.39 is 53.4 Å². The van der Waals surface area contributed by atoms with E-state index in [1.54, 1.807) is 25.3 Å². The Morgan fingerprint density at radius 1 is 1.18 bits per heavy atom. The molecule has 1 unspecified atom stereocenters. The second kappa shape index (κ2) is 10.9. The van der Waals surface area contributed by atoms with Crippen LogP contribution in [0.1, 0.15) is 58.6 Å². The number of fused-ring (bicyclic) bond motifs is 2. The molecular formula is C27H31NO10. The standard InChI is InChI=1S/C27H31NO10/c1-14(29)34-13-19(35-15(2)30)8-17-9-20-25(32)24-22(38-27(20,4)23(10-17)36-16(3)31)11-21(37-26(24)33)18-6-5-7-28-12-18/h5-7,11-12,17,19-20,23,25,32H,8-10,13H2,1-4H3/t17?,19-,20+,23+,25-,27+/m0/s1. The Morgan fingerprint density at radius 2 is 1.95 bits per heavy atom. The lowest BCUT2D eigenvalue weighted by Gasteiger charge is -2.52. The number of carbonyl (C=O) groups is 3. The van der Waals surface area contributed by atoms with Crippen molar-refractivity contribution in [3.05, 3.63) is 46.6 Å². The highest BCUT2D eigenvalue weighted by Gasteiger charge is 2.57. The third-order valence-electron chi connectivity index (χ3n) is 7.12. The molecule has 0 bridgehead atoms. The fourth-order valence-corrected chi connectivity index (χ4v) is 5.50. The molecule has 2 aromatic heterocycles. The van der Waals surface area contributed by atoms with Gasteiger partial charge >= 0.3 is 23.5 Å². The summed E-state index contributed by atoms with van der Waals surface area (Å²) in [5.74, 6) is -2.08. The molecule has 38 heavy (non-hydrogen) atoms. The Labute approximate surface area is 219 Å². The van der Waals surface area contributed by atoms with Gasteiger partial charge in [0.2, 0.25) is 0 Å². The zero-order valence-electron chi connectivity index (χ0n) is 21.7. The van der Waals surface area contributed by atoms with Crippen molar-refractivity contribution in [3.8, 4) is 17.1 Å². The summed E-state index contributed by atoms with van der Waals surface area (Å²) in [6, 6.07) is 4.96. The maximum absolute atomic E-state index is 13.0. The number of aliphatic hydroxyl groups is 1. The second-order valence-electron chi connectivity index (χ2n) is 9.96. The Morgan fingerprint density at radius 3 is 2.58 bits per heavy atom. The van der Waals surface area contributed by atoms with Gasteiger partial charge in [-0.1, -0.05) is 0 Å². The summed E-state index contributed by atoms with van der Waals surface area (Å²) in [5.41, 5.74) is -1.36. The lowest BCUT2D eigenvalue weighted by atomic mass is 9.64. The van der Waals surface area contributed by atoms with Gasteiger partial charge in [0.15, 0.2) is 0 Å². The van der Waals surface area contributed by atoms with Crippen molar-refractivity contribution in [3.63, 3.8) is 0 Å². The second-order valence-corrected chi connectivity index (χ2v) is 9.96. The van der Waals surface area contributed by atoms with Crippen LogP contribution in [0.25, 0.3) is 11.3 Å². The molecule has 0 radical (unpaired) electrons. The Bertz CT molecular complexity index is 1260. The third kappa shape index (κ3) is 5.72. The van der Waals surface area contributed by atoms with E-state index in [4.69, 9.17) is 23.4 Å². The summed E-state index contributed by atoms with van der Waals surface area (Å²) in [4.78, 5) is 52.1. The highest BCUT2D eigenvalue weighted by molar-refractivity contribution is 5.67. The molecule has 3 heterocycles. The fraction of sp³-hybridized carbons (Fsp3) is 0.519. The lowest BCUT2D eigenvalue weighted by Crippen LogP contribution is -2.61. The minimum atomic E-state index is -1.27. The molecule has 1 aliphatic heterocycles. The van der Waals surface area contributed by atoms with Crippen molar-refractivity contribution in [2.75, 3.05) is 6.61 Å². The number of esters is 3. The van der Waals surface area contributed by atoms with Gasteiger partial charge < -0.3 is 28.5 Å². The van der Waals surface area contributed by atoms with Crippen LogP contribution in [-0.4, -0.2) is 52.4 Å². The van der Waals surface area contributed by atoms with Gasteiger partial charge in [-0.25, -0.2) is 4.79 Å². The molecule has 4 rings (SSSR count). The summed E-state index contributed by atoms with van der Waals surface area (Å²) in [6.07, 6.45) is 1.32. The van der Waals surface area contributed by atoms with Gasteiger partial charge in [-0.2, -0.15) is 0 Å². The zero-order chi connectivity index (χ0) is 27.6. The van der Waals surface area contributed by atoms with E-state index in [0.717, 1.165) is 0 Å². The monoisotopic (exact) mass is 529 g/mol. The van der Waals surface area contributed by atoms with Crippen LogP contribution in [0.3, 0.4) is 0 Å². The first-order chi connectivity index (χ1) is 18.0. The van der Waals surface area contributed by atoms with Crippen molar-refractivity contribution in [2.45, 2.75) is 70.9 Å². The molecule has 1 fully saturated rings. The number of aliphatic hydroxyl groups excluding tert-OH is 1. The number of rotatable bonds is 7. The summed E-state index contributed by atoms with van der Waals surface area (Å²) < 4.78 is 28.0. The maximum Gasteiger partial charge on any atom is 0.345 e. The molecule has 1 saturated carbocycles. The van der Waals surface area contributed by atoms with Crippen LogP contribution in [0.4, 0.5) is 0 Å². The number of nitrogens with zero attached hydrogens (tertiary/aromatic N) is 1. The average molecular weight is 530 g/mol. The topological polar surface area (TPSA) is 151 Å². The van der Waals surface area contributed by atoms with Crippen LogP contribution >= 0.6 is 0 Å². The van der Waals surface area contributed by atoms with Gasteiger partial charge in [-0.05, 0) is 44.2 Å². The summed E-state index contributed by atoms with van der Waals surface area (Å²) in [6.45, 7) is 5.41. The molecule has 0 saturated heterocycles. The predicted octanol–water partition coefficient (Wildman–Crippen LogP) is 2.73. The molecule has 1 N–H and O–H groups in total. The molecule has 1 aliphatic carbocycles. The first kappa shape index (κ1) is 27.3. The summed E-state index contributed by atoms with van der Waals surface area (Å²) >= 11 is 0. The van der Waals surface area contributed by atoms with E-state index in [-0.39, 0.29) is 36.0 Å². The number of carbonyl (C=O) groups excluding carboxylic acids is 3. The van der Waals surface area contributed by atoms with Crippen molar-refractivity contribution < 1.29 is 42.9 Å². The largest absolute Gasteiger partial charge is 0.482 e. The SMILES string of the molecule is CC(=O)OC[C@H](CC1C[C@@H]2[C@H](O)c3c(cc(-c4cccnc4)oc3=O)O[C@@]2(C)[C@H](OC(C)=O)C1)OC(C)=O. The highest BCUT2D eigenvalue weighted by Crippen LogP contribution is 2.52. The summed E-state index contributed by atoms with van der Waals surface area (Å²) in [5, 5.41) is 11.4. The van der Waals surface area contributed by atoms with Crippen LogP contribution in [0.5, 0.6) is 5.75 Å². The average Bonchev–Trinajstić information content (AvgIpc) is 2.83. The van der Waals surface area contributed by atoms with E-state index in [2.05, 4.69) is 4.98 Å². The van der Waals surface area contributed by atoms with E-state index in [0.29, 0.717) is 18.4 Å². The van der Waals surface area contributed by atoms with Crippen LogP contribution in [0, 0.1) is 11.8 Å². The zero-order valence-corrected chi connectivity index (χ0v) is 21.7. The Hall–Kier alpha value is -3.73. The van der Waals surface area contributed by atoms with E-state index in [9.17, 15) is 24.3 Å². The lowest BCUT2D eigenvalue weighted by molar-refractivity contribution is -0.194. The molecule has 6 atom stereocenters. The number of hydrogen-bond donors (Lipinski definition) is 1. The number of pyridine rings is 1. The fourth-order valence-electron chi connectivity index (χ4n) is 5.50. The molecule has 0 aromatic carbocycles. The molecule has 0 spiro atoms. The van der Waals surface area contributed by atoms with Gasteiger partial charge in [-0.15, -0.1) is 0 Å². The number of hydrogen-bond acceptors (Lipinski definition) is 11. The van der Waals surface area contributed by atoms with Crippen molar-refractivity contribution in [1.82, 2.24) is 4.98 Å². The van der Waals surface area contributed by atoms with Gasteiger partial charge in [-0.3, -0.25) is 19.4 Å². The quantitative estimate of drug-likeness (QED) is 0.416. The summed E-state index contributed by atoms with van der Waals surface area (Å²) in [7, 11) is 0. The van der Waals surface area contributed by atoms with Gasteiger partial charge in [0.25, 0.3) is 0 Å². The van der Waals surface area contributed by atoms with Gasteiger partial charge in [0, 0.05) is 50.7 Å². The number of aromatic nitrogens is 1. The predicted molar refractivity (Wildman–Crippen MR) is 131 cm³/mol. The van der Waals surface area contributed by atoms with E-state index in [1.165, 1.54) is 33.0 Å². The van der Waals surface area contributed by atoms with E-state index >= 15 is 0 Å². The van der Waals surface area contributed by atoms with Crippen LogP contribution in [0.15, 0.2) is 39.8 Å². The Kier molecular flexibility index (Phi) is 7.86. The first-order valence-electron chi connectivity index (χ1n) is 12.4. The maximum atomic E-state index is 13.0. The Balaban J connectivity index is 1.67. The van der Waals surface area contributed by atoms with Crippen molar-refractivity contribution in [2.24, 2.45) is 11.8 Å². The third-order valence-corrected chi connectivity index (χ3v) is 7.12. The normalized spacial score (nSPS) is 26.7. The van der Waals surface area contributed by atoms with Gasteiger partial charge in [0.1, 0.15) is 41.5 Å². The van der Waals surface area contributed by atoms with Crippen molar-refractivity contribution in [1.29, 1.82) is 0 Å². The molecule has 204 valence electrons. The smallest absolute Gasteiger partial charge is 0.345 e. The first-order valence-corrected chi connectivity index (χ1v) is 12.4. The van der Waals surface area contributed by atoms with Crippen LogP contribution in [-0.2, 0) is 28.6 Å². The number of ether oxygens (including phenoxy) is 4. The molecule has 0 amide bonds. The van der Waals surface area contributed by atoms with Gasteiger partial charge in [0.05, 0.1) is 6.10 Å². The molecule has 2 aliphatic rings. The molecular weight excluding hydrogens is 498 g/mol. The van der Waals surface area contributed by atoms with Crippen molar-refractivity contribution >= 4 is 17.9 Å². The molecule has 11 nitrogen and oxygen atoms in total. The minimum absolute atomic E-state index is 0.0150. The van der Waals surface area contributed by atoms with E-state index in [1.807, 2.05) is 0 Å².